The zero-order chi connectivity index (χ0) is 17.7. The van der Waals surface area contributed by atoms with Crippen molar-refractivity contribution < 1.29 is 19.4 Å². The van der Waals surface area contributed by atoms with Crippen LogP contribution in [0.15, 0.2) is 24.3 Å². The fourth-order valence-corrected chi connectivity index (χ4v) is 4.92. The van der Waals surface area contributed by atoms with E-state index in [0.29, 0.717) is 11.4 Å². The van der Waals surface area contributed by atoms with Crippen molar-refractivity contribution in [3.8, 4) is 5.75 Å². The van der Waals surface area contributed by atoms with Gasteiger partial charge in [-0.3, -0.25) is 9.59 Å². The third kappa shape index (κ3) is 2.59. The molecule has 0 aliphatic heterocycles. The second kappa shape index (κ2) is 5.84. The highest BCUT2D eigenvalue weighted by Gasteiger charge is 2.51. The Kier molecular flexibility index (Phi) is 3.76. The first-order chi connectivity index (χ1) is 12.0. The first kappa shape index (κ1) is 16.1. The summed E-state index contributed by atoms with van der Waals surface area (Å²) in [5, 5.41) is 13.3. The molecular weight excluding hydrogens is 340 g/mol. The van der Waals surface area contributed by atoms with Crippen LogP contribution in [0, 0.1) is 30.6 Å². The Labute approximate surface area is 148 Å². The highest BCUT2D eigenvalue weighted by atomic mass is 32.1. The molecule has 2 aromatic rings. The van der Waals surface area contributed by atoms with E-state index in [2.05, 4.69) is 10.3 Å². The number of anilines is 1. The van der Waals surface area contributed by atoms with Gasteiger partial charge in [0.1, 0.15) is 5.75 Å². The Bertz CT molecular complexity index is 904. The summed E-state index contributed by atoms with van der Waals surface area (Å²) in [4.78, 5) is 28.9. The van der Waals surface area contributed by atoms with Crippen molar-refractivity contribution >= 4 is 39.1 Å². The molecule has 1 aromatic heterocycles. The molecule has 0 saturated heterocycles. The Morgan fingerprint density at radius 1 is 1.28 bits per heavy atom. The van der Waals surface area contributed by atoms with Gasteiger partial charge in [0.15, 0.2) is 0 Å². The Balaban J connectivity index is 1.65. The summed E-state index contributed by atoms with van der Waals surface area (Å²) in [6.07, 6.45) is 4.64. The molecule has 130 valence electrons. The summed E-state index contributed by atoms with van der Waals surface area (Å²) in [5.41, 5.74) is 1.38. The summed E-state index contributed by atoms with van der Waals surface area (Å²) in [6.45, 7) is 1.93. The zero-order valence-electron chi connectivity index (χ0n) is 13.9. The largest absolute Gasteiger partial charge is 0.494 e. The van der Waals surface area contributed by atoms with Crippen molar-refractivity contribution in [2.75, 3.05) is 12.4 Å². The molecule has 2 N–H and O–H groups in total. The van der Waals surface area contributed by atoms with E-state index in [1.54, 1.807) is 6.07 Å². The first-order valence-electron chi connectivity index (χ1n) is 8.15. The second-order valence-corrected chi connectivity index (χ2v) is 7.82. The number of nitrogens with zero attached hydrogens (tertiary/aromatic N) is 1. The van der Waals surface area contributed by atoms with E-state index in [-0.39, 0.29) is 17.7 Å². The summed E-state index contributed by atoms with van der Waals surface area (Å²) < 4.78 is 6.34. The predicted octanol–water partition coefficient (Wildman–Crippen LogP) is 3.07. The van der Waals surface area contributed by atoms with Crippen molar-refractivity contribution in [3.05, 3.63) is 29.3 Å². The maximum Gasteiger partial charge on any atom is 0.307 e. The lowest BCUT2D eigenvalue weighted by Crippen LogP contribution is -2.36. The van der Waals surface area contributed by atoms with Gasteiger partial charge < -0.3 is 15.2 Å². The lowest BCUT2D eigenvalue weighted by atomic mass is 9.82. The third-order valence-electron chi connectivity index (χ3n) is 5.12. The van der Waals surface area contributed by atoms with Gasteiger partial charge in [0.05, 0.1) is 39.9 Å². The van der Waals surface area contributed by atoms with Crippen molar-refractivity contribution in [1.82, 2.24) is 4.98 Å². The summed E-state index contributed by atoms with van der Waals surface area (Å²) >= 11 is 1.54. The number of carboxylic acid groups (broad SMARTS) is 1. The molecular formula is C18H18N2O4S. The summed E-state index contributed by atoms with van der Waals surface area (Å²) in [6, 6.07) is 3.64. The number of aryl methyl sites for hydroxylation is 1. The number of carbonyl (C=O) groups excluding carboxylic acids is 1. The smallest absolute Gasteiger partial charge is 0.307 e. The highest BCUT2D eigenvalue weighted by molar-refractivity contribution is 7.18. The number of aliphatic carboxylic acids is 1. The number of ether oxygens (including phenoxy) is 1. The van der Waals surface area contributed by atoms with Crippen LogP contribution in [0.3, 0.4) is 0 Å². The number of hydrogen-bond acceptors (Lipinski definition) is 5. The highest BCUT2D eigenvalue weighted by Crippen LogP contribution is 2.48. The van der Waals surface area contributed by atoms with Gasteiger partial charge in [-0.1, -0.05) is 12.2 Å². The predicted molar refractivity (Wildman–Crippen MR) is 94.9 cm³/mol. The molecule has 4 atom stereocenters. The topological polar surface area (TPSA) is 88.5 Å². The molecule has 1 saturated carbocycles. The van der Waals surface area contributed by atoms with E-state index in [0.717, 1.165) is 21.6 Å². The lowest BCUT2D eigenvalue weighted by molar-refractivity contribution is -0.146. The monoisotopic (exact) mass is 358 g/mol. The van der Waals surface area contributed by atoms with Crippen LogP contribution in [0.5, 0.6) is 5.75 Å². The Morgan fingerprint density at radius 3 is 2.68 bits per heavy atom. The molecule has 4 rings (SSSR count). The van der Waals surface area contributed by atoms with Crippen molar-refractivity contribution in [2.24, 2.45) is 23.7 Å². The molecule has 2 aliphatic rings. The number of aromatic nitrogens is 1. The number of rotatable bonds is 4. The fraction of sp³-hybridized carbons (Fsp3) is 0.389. The zero-order valence-corrected chi connectivity index (χ0v) is 14.7. The van der Waals surface area contributed by atoms with Gasteiger partial charge in [-0.15, -0.1) is 11.3 Å². The average Bonchev–Trinajstić information content (AvgIpc) is 3.26. The number of benzene rings is 1. The van der Waals surface area contributed by atoms with E-state index in [1.165, 1.54) is 18.4 Å². The summed E-state index contributed by atoms with van der Waals surface area (Å²) in [7, 11) is 1.54. The number of methoxy groups -OCH3 is 1. The maximum absolute atomic E-state index is 12.9. The van der Waals surface area contributed by atoms with Crippen molar-refractivity contribution in [1.29, 1.82) is 0 Å². The number of nitrogens with one attached hydrogen (secondary N) is 1. The van der Waals surface area contributed by atoms with E-state index in [9.17, 15) is 14.7 Å². The maximum atomic E-state index is 12.9. The van der Waals surface area contributed by atoms with Gasteiger partial charge in [-0.05, 0) is 31.2 Å². The second-order valence-electron chi connectivity index (χ2n) is 6.58. The van der Waals surface area contributed by atoms with Crippen LogP contribution in [-0.2, 0) is 9.59 Å². The van der Waals surface area contributed by atoms with Crippen LogP contribution >= 0.6 is 11.3 Å². The molecule has 2 bridgehead atoms. The van der Waals surface area contributed by atoms with E-state index >= 15 is 0 Å². The van der Waals surface area contributed by atoms with Crippen LogP contribution in [0.25, 0.3) is 10.2 Å². The number of carbonyl (C=O) groups is 2. The number of amides is 1. The minimum absolute atomic E-state index is 0.00789. The lowest BCUT2D eigenvalue weighted by Gasteiger charge is -2.24. The number of carboxylic acids is 1. The molecule has 7 heteroatoms. The molecule has 1 amide bonds. The van der Waals surface area contributed by atoms with Crippen LogP contribution < -0.4 is 10.1 Å². The molecule has 25 heavy (non-hydrogen) atoms. The summed E-state index contributed by atoms with van der Waals surface area (Å²) in [5.74, 6) is -1.90. The van der Waals surface area contributed by atoms with Gasteiger partial charge in [0, 0.05) is 6.07 Å². The standard InChI is InChI=1S/C18H18N2O4S/c1-8-19-12-6-13(24-2)11(7-14(12)25-8)20-17(21)15-9-3-4-10(5-9)16(15)18(22)23/h3-4,6-7,9-10,15-16H,5H2,1-2H3,(H,20,21)(H,22,23)/t9-,10-,15-,16+/m0/s1. The first-order valence-corrected chi connectivity index (χ1v) is 8.96. The van der Waals surface area contributed by atoms with Crippen LogP contribution in [0.2, 0.25) is 0 Å². The Hall–Kier alpha value is -2.41. The van der Waals surface area contributed by atoms with E-state index in [1.807, 2.05) is 25.1 Å². The average molecular weight is 358 g/mol. The molecule has 0 radical (unpaired) electrons. The van der Waals surface area contributed by atoms with Crippen LogP contribution in [0.1, 0.15) is 11.4 Å². The number of hydrogen-bond donors (Lipinski definition) is 2. The molecule has 2 aliphatic carbocycles. The van der Waals surface area contributed by atoms with E-state index < -0.39 is 17.8 Å². The minimum Gasteiger partial charge on any atom is -0.494 e. The van der Waals surface area contributed by atoms with Gasteiger partial charge in [0.25, 0.3) is 0 Å². The fourth-order valence-electron chi connectivity index (χ4n) is 4.07. The molecule has 0 unspecified atom stereocenters. The van der Waals surface area contributed by atoms with Gasteiger partial charge in [0.2, 0.25) is 5.91 Å². The number of thiazole rings is 1. The van der Waals surface area contributed by atoms with Crippen molar-refractivity contribution in [2.45, 2.75) is 13.3 Å². The number of allylic oxidation sites excluding steroid dienone is 2. The quantitative estimate of drug-likeness (QED) is 0.820. The molecule has 1 heterocycles. The SMILES string of the molecule is COc1cc2nc(C)sc2cc1NC(=O)[C@@H]1[C@H](C(=O)O)[C@H]2C=C[C@H]1C2. The Morgan fingerprint density at radius 2 is 2.00 bits per heavy atom. The van der Waals surface area contributed by atoms with Gasteiger partial charge >= 0.3 is 5.97 Å². The van der Waals surface area contributed by atoms with Gasteiger partial charge in [-0.2, -0.15) is 0 Å². The van der Waals surface area contributed by atoms with Crippen molar-refractivity contribution in [3.63, 3.8) is 0 Å². The van der Waals surface area contributed by atoms with E-state index in [4.69, 9.17) is 4.74 Å². The number of fused-ring (bicyclic) bond motifs is 3. The normalized spacial score (nSPS) is 27.0. The molecule has 1 fully saturated rings. The molecule has 0 spiro atoms. The molecule has 1 aromatic carbocycles. The van der Waals surface area contributed by atoms with Crippen LogP contribution in [-0.4, -0.2) is 29.1 Å². The molecule has 6 nitrogen and oxygen atoms in total. The minimum atomic E-state index is -0.905. The van der Waals surface area contributed by atoms with Crippen LogP contribution in [0.4, 0.5) is 5.69 Å². The van der Waals surface area contributed by atoms with Gasteiger partial charge in [-0.25, -0.2) is 4.98 Å². The third-order valence-corrected chi connectivity index (χ3v) is 6.06.